The molecule has 0 bridgehead atoms. The van der Waals surface area contributed by atoms with Crippen molar-refractivity contribution in [1.82, 2.24) is 14.9 Å². The molecule has 0 saturated heterocycles. The fourth-order valence-electron chi connectivity index (χ4n) is 4.51. The first-order valence-electron chi connectivity index (χ1n) is 11.2. The molecule has 0 atom stereocenters. The Bertz CT molecular complexity index is 1350. The number of anilines is 3. The maximum atomic E-state index is 13.7. The Morgan fingerprint density at radius 2 is 1.82 bits per heavy atom. The number of amides is 1. The van der Waals surface area contributed by atoms with Crippen molar-refractivity contribution in [2.75, 3.05) is 30.9 Å². The third-order valence-corrected chi connectivity index (χ3v) is 6.18. The topological polar surface area (TPSA) is 61.4 Å². The van der Waals surface area contributed by atoms with Gasteiger partial charge in [0, 0.05) is 54.9 Å². The average Bonchev–Trinajstić information content (AvgIpc) is 2.83. The zero-order valence-corrected chi connectivity index (χ0v) is 19.2. The SMILES string of the molecule is Cc1cccc(Nc2ncnc3c2CN(C(=O)c2ccc(N(C)C)c4ccccc24)CC3)c1. The van der Waals surface area contributed by atoms with Crippen molar-refractivity contribution in [1.29, 1.82) is 0 Å². The van der Waals surface area contributed by atoms with Crippen LogP contribution in [-0.4, -0.2) is 41.4 Å². The van der Waals surface area contributed by atoms with Crippen LogP contribution in [0.5, 0.6) is 0 Å². The summed E-state index contributed by atoms with van der Waals surface area (Å²) in [5.41, 5.74) is 5.95. The quantitative estimate of drug-likeness (QED) is 0.490. The van der Waals surface area contributed by atoms with Crippen molar-refractivity contribution in [3.8, 4) is 0 Å². The van der Waals surface area contributed by atoms with Crippen molar-refractivity contribution in [2.24, 2.45) is 0 Å². The third-order valence-electron chi connectivity index (χ3n) is 6.18. The van der Waals surface area contributed by atoms with Gasteiger partial charge in [-0.3, -0.25) is 4.79 Å². The minimum Gasteiger partial charge on any atom is -0.377 e. The van der Waals surface area contributed by atoms with Crippen LogP contribution in [0.4, 0.5) is 17.2 Å². The van der Waals surface area contributed by atoms with E-state index in [0.717, 1.165) is 44.8 Å². The number of hydrogen-bond acceptors (Lipinski definition) is 5. The van der Waals surface area contributed by atoms with E-state index < -0.39 is 0 Å². The standard InChI is InChI=1S/C27H27N5O/c1-18-7-6-8-19(15-18)30-26-23-16-32(14-13-24(23)28-17-29-26)27(33)22-11-12-25(31(2)3)21-10-5-4-9-20(21)22/h4-12,15,17H,13-14,16H2,1-3H3,(H,28,29,30). The minimum absolute atomic E-state index is 0.0347. The summed E-state index contributed by atoms with van der Waals surface area (Å²) in [6, 6.07) is 20.3. The van der Waals surface area contributed by atoms with Gasteiger partial charge in [-0.1, -0.05) is 36.4 Å². The van der Waals surface area contributed by atoms with Crippen molar-refractivity contribution < 1.29 is 4.79 Å². The van der Waals surface area contributed by atoms with Crippen LogP contribution in [0.25, 0.3) is 10.8 Å². The molecule has 0 saturated carbocycles. The van der Waals surface area contributed by atoms with Gasteiger partial charge in [-0.25, -0.2) is 9.97 Å². The van der Waals surface area contributed by atoms with Crippen LogP contribution >= 0.6 is 0 Å². The van der Waals surface area contributed by atoms with Gasteiger partial charge in [0.05, 0.1) is 12.2 Å². The lowest BCUT2D eigenvalue weighted by Crippen LogP contribution is -2.37. The van der Waals surface area contributed by atoms with E-state index >= 15 is 0 Å². The lowest BCUT2D eigenvalue weighted by Gasteiger charge is -2.30. The number of rotatable bonds is 4. The zero-order valence-electron chi connectivity index (χ0n) is 19.2. The van der Waals surface area contributed by atoms with Crippen LogP contribution in [0.3, 0.4) is 0 Å². The van der Waals surface area contributed by atoms with Crippen LogP contribution in [0.2, 0.25) is 0 Å². The van der Waals surface area contributed by atoms with Gasteiger partial charge in [0.25, 0.3) is 5.91 Å². The molecule has 6 nitrogen and oxygen atoms in total. The highest BCUT2D eigenvalue weighted by Gasteiger charge is 2.26. The lowest BCUT2D eigenvalue weighted by molar-refractivity contribution is 0.0736. The normalized spacial score (nSPS) is 13.0. The molecule has 1 aromatic heterocycles. The number of aromatic nitrogens is 2. The molecule has 1 aliphatic rings. The monoisotopic (exact) mass is 437 g/mol. The second kappa shape index (κ2) is 8.54. The van der Waals surface area contributed by atoms with E-state index in [0.29, 0.717) is 19.5 Å². The molecule has 4 aromatic rings. The van der Waals surface area contributed by atoms with Crippen LogP contribution in [0.1, 0.15) is 27.2 Å². The Morgan fingerprint density at radius 3 is 2.61 bits per heavy atom. The van der Waals surface area contributed by atoms with Gasteiger partial charge in [0.15, 0.2) is 0 Å². The van der Waals surface area contributed by atoms with Gasteiger partial charge in [-0.2, -0.15) is 0 Å². The van der Waals surface area contributed by atoms with E-state index in [1.54, 1.807) is 6.33 Å². The molecule has 0 aliphatic carbocycles. The molecule has 2 heterocycles. The summed E-state index contributed by atoms with van der Waals surface area (Å²) in [5, 5.41) is 5.48. The maximum absolute atomic E-state index is 13.7. The summed E-state index contributed by atoms with van der Waals surface area (Å²) in [6.45, 7) is 3.18. The van der Waals surface area contributed by atoms with Gasteiger partial charge in [0.1, 0.15) is 12.1 Å². The highest BCUT2D eigenvalue weighted by molar-refractivity contribution is 6.10. The summed E-state index contributed by atoms with van der Waals surface area (Å²) < 4.78 is 0. The smallest absolute Gasteiger partial charge is 0.254 e. The van der Waals surface area contributed by atoms with Crippen molar-refractivity contribution in [3.63, 3.8) is 0 Å². The number of aryl methyl sites for hydroxylation is 1. The summed E-state index contributed by atoms with van der Waals surface area (Å²) in [4.78, 5) is 26.6. The van der Waals surface area contributed by atoms with Crippen LogP contribution in [-0.2, 0) is 13.0 Å². The summed E-state index contributed by atoms with van der Waals surface area (Å²) in [5.74, 6) is 0.795. The van der Waals surface area contributed by atoms with E-state index in [1.165, 1.54) is 5.56 Å². The minimum atomic E-state index is 0.0347. The molecular formula is C27H27N5O. The van der Waals surface area contributed by atoms with Gasteiger partial charge >= 0.3 is 0 Å². The van der Waals surface area contributed by atoms with E-state index in [-0.39, 0.29) is 5.91 Å². The molecule has 33 heavy (non-hydrogen) atoms. The molecular weight excluding hydrogens is 410 g/mol. The third kappa shape index (κ3) is 4.00. The van der Waals surface area contributed by atoms with Gasteiger partial charge < -0.3 is 15.1 Å². The first-order valence-corrected chi connectivity index (χ1v) is 11.2. The molecule has 0 radical (unpaired) electrons. The Labute approximate surface area is 193 Å². The zero-order chi connectivity index (χ0) is 22.9. The van der Waals surface area contributed by atoms with E-state index in [1.807, 2.05) is 61.5 Å². The average molecular weight is 438 g/mol. The van der Waals surface area contributed by atoms with Crippen LogP contribution < -0.4 is 10.2 Å². The molecule has 5 rings (SSSR count). The molecule has 3 aromatic carbocycles. The first-order chi connectivity index (χ1) is 16.0. The molecule has 0 fully saturated rings. The van der Waals surface area contributed by atoms with Gasteiger partial charge in [-0.05, 0) is 42.1 Å². The largest absolute Gasteiger partial charge is 0.377 e. The fraction of sp³-hybridized carbons (Fsp3) is 0.222. The molecule has 0 unspecified atom stereocenters. The highest BCUT2D eigenvalue weighted by atomic mass is 16.2. The second-order valence-corrected chi connectivity index (χ2v) is 8.69. The molecule has 6 heteroatoms. The highest BCUT2D eigenvalue weighted by Crippen LogP contribution is 2.31. The van der Waals surface area contributed by atoms with Crippen LogP contribution in [0, 0.1) is 6.92 Å². The van der Waals surface area contributed by atoms with E-state index in [2.05, 4.69) is 45.3 Å². The summed E-state index contributed by atoms with van der Waals surface area (Å²) in [6.07, 6.45) is 2.31. The number of benzene rings is 3. The predicted octanol–water partition coefficient (Wildman–Crippen LogP) is 4.95. The number of nitrogens with zero attached hydrogens (tertiary/aromatic N) is 4. The number of carbonyl (C=O) groups excluding carboxylic acids is 1. The Morgan fingerprint density at radius 1 is 1.00 bits per heavy atom. The lowest BCUT2D eigenvalue weighted by atomic mass is 9.99. The number of carbonyl (C=O) groups is 1. The van der Waals surface area contributed by atoms with Crippen molar-refractivity contribution in [3.05, 3.63) is 89.4 Å². The fourth-order valence-corrected chi connectivity index (χ4v) is 4.51. The molecule has 1 amide bonds. The molecule has 166 valence electrons. The van der Waals surface area contributed by atoms with Crippen molar-refractivity contribution >= 4 is 33.9 Å². The van der Waals surface area contributed by atoms with E-state index in [9.17, 15) is 4.79 Å². The Balaban J connectivity index is 1.47. The van der Waals surface area contributed by atoms with E-state index in [4.69, 9.17) is 0 Å². The Kier molecular flexibility index (Phi) is 5.42. The van der Waals surface area contributed by atoms with Crippen molar-refractivity contribution in [2.45, 2.75) is 19.9 Å². The summed E-state index contributed by atoms with van der Waals surface area (Å²) in [7, 11) is 4.04. The van der Waals surface area contributed by atoms with Crippen LogP contribution in [0.15, 0.2) is 67.0 Å². The number of hydrogen-bond donors (Lipinski definition) is 1. The van der Waals surface area contributed by atoms with Gasteiger partial charge in [0.2, 0.25) is 0 Å². The predicted molar refractivity (Wildman–Crippen MR) is 133 cm³/mol. The number of nitrogens with one attached hydrogen (secondary N) is 1. The summed E-state index contributed by atoms with van der Waals surface area (Å²) >= 11 is 0. The molecule has 1 N–H and O–H groups in total. The van der Waals surface area contributed by atoms with Gasteiger partial charge in [-0.15, -0.1) is 0 Å². The maximum Gasteiger partial charge on any atom is 0.254 e. The number of fused-ring (bicyclic) bond motifs is 2. The second-order valence-electron chi connectivity index (χ2n) is 8.69. The molecule has 0 spiro atoms. The Hall–Kier alpha value is -3.93. The molecule has 1 aliphatic heterocycles. The first kappa shape index (κ1) is 20.9.